The number of anilines is 1. The molecule has 0 radical (unpaired) electrons. The van der Waals surface area contributed by atoms with E-state index in [2.05, 4.69) is 5.32 Å². The van der Waals surface area contributed by atoms with E-state index in [1.807, 2.05) is 37.3 Å². The van der Waals surface area contributed by atoms with Crippen LogP contribution in [0.4, 0.5) is 5.69 Å². The highest BCUT2D eigenvalue weighted by atomic mass is 35.5. The summed E-state index contributed by atoms with van der Waals surface area (Å²) in [6.07, 6.45) is 3.92. The molecule has 3 rings (SSSR count). The van der Waals surface area contributed by atoms with Crippen molar-refractivity contribution >= 4 is 40.9 Å². The summed E-state index contributed by atoms with van der Waals surface area (Å²) in [5.74, 6) is 0.982. The minimum Gasteiger partial charge on any atom is -0.457 e. The molecule has 0 saturated carbocycles. The van der Waals surface area contributed by atoms with Crippen LogP contribution in [-0.4, -0.2) is 5.91 Å². The van der Waals surface area contributed by atoms with E-state index in [0.717, 1.165) is 23.2 Å². The van der Waals surface area contributed by atoms with Gasteiger partial charge in [-0.1, -0.05) is 48.3 Å². The normalized spacial score (nSPS) is 11.0. The lowest BCUT2D eigenvalue weighted by atomic mass is 10.1. The molecule has 3 aromatic rings. The molecule has 1 N–H and O–H groups in total. The van der Waals surface area contributed by atoms with E-state index >= 15 is 0 Å². The summed E-state index contributed by atoms with van der Waals surface area (Å²) in [6.45, 7) is 2.05. The second-order valence-corrected chi connectivity index (χ2v) is 6.57. The van der Waals surface area contributed by atoms with Crippen molar-refractivity contribution in [2.45, 2.75) is 13.3 Å². The Morgan fingerprint density at radius 1 is 1.08 bits per heavy atom. The number of hydrogen-bond donors (Lipinski definition) is 1. The number of nitrogens with one attached hydrogen (secondary N) is 1. The molecule has 0 aliphatic heterocycles. The quantitative estimate of drug-likeness (QED) is 0.511. The number of halogens is 2. The fourth-order valence-electron chi connectivity index (χ4n) is 2.58. The molecule has 0 bridgehead atoms. The van der Waals surface area contributed by atoms with Gasteiger partial charge in [0.2, 0.25) is 5.91 Å². The molecule has 1 amide bonds. The summed E-state index contributed by atoms with van der Waals surface area (Å²) in [4.78, 5) is 12.1. The first-order chi connectivity index (χ1) is 12.5. The largest absolute Gasteiger partial charge is 0.457 e. The first-order valence-corrected chi connectivity index (χ1v) is 8.94. The number of carbonyl (C=O) groups is 1. The van der Waals surface area contributed by atoms with Gasteiger partial charge in [0.25, 0.3) is 0 Å². The van der Waals surface area contributed by atoms with Crippen LogP contribution in [0.2, 0.25) is 10.0 Å². The highest BCUT2D eigenvalue weighted by Crippen LogP contribution is 2.29. The van der Waals surface area contributed by atoms with E-state index in [0.29, 0.717) is 21.6 Å². The number of furan rings is 1. The van der Waals surface area contributed by atoms with Crippen molar-refractivity contribution in [3.63, 3.8) is 0 Å². The predicted octanol–water partition coefficient (Wildman–Crippen LogP) is 6.47. The molecule has 1 heterocycles. The lowest BCUT2D eigenvalue weighted by molar-refractivity contribution is -0.111. The molecule has 1 aromatic heterocycles. The summed E-state index contributed by atoms with van der Waals surface area (Å²) >= 11 is 12.0. The number of amides is 1. The molecule has 5 heteroatoms. The Bertz CT molecular complexity index is 940. The highest BCUT2D eigenvalue weighted by Gasteiger charge is 2.07. The molecule has 0 aliphatic rings. The van der Waals surface area contributed by atoms with Gasteiger partial charge in [-0.2, -0.15) is 0 Å². The zero-order chi connectivity index (χ0) is 18.5. The summed E-state index contributed by atoms with van der Waals surface area (Å²) in [6, 6.07) is 16.5. The third-order valence-corrected chi connectivity index (χ3v) is 4.27. The molecule has 0 atom stereocenters. The predicted molar refractivity (Wildman–Crippen MR) is 108 cm³/mol. The van der Waals surface area contributed by atoms with E-state index in [-0.39, 0.29) is 5.91 Å². The van der Waals surface area contributed by atoms with Crippen molar-refractivity contribution in [2.75, 3.05) is 5.32 Å². The van der Waals surface area contributed by atoms with Crippen LogP contribution in [0, 0.1) is 0 Å². The van der Waals surface area contributed by atoms with Gasteiger partial charge in [-0.15, -0.1) is 0 Å². The number of hydrogen-bond acceptors (Lipinski definition) is 2. The maximum Gasteiger partial charge on any atom is 0.248 e. The topological polar surface area (TPSA) is 42.2 Å². The van der Waals surface area contributed by atoms with Crippen LogP contribution in [0.25, 0.3) is 17.4 Å². The van der Waals surface area contributed by atoms with Crippen LogP contribution >= 0.6 is 23.2 Å². The van der Waals surface area contributed by atoms with E-state index in [1.54, 1.807) is 30.3 Å². The molecule has 0 aliphatic carbocycles. The Hall–Kier alpha value is -2.49. The monoisotopic (exact) mass is 385 g/mol. The van der Waals surface area contributed by atoms with Crippen LogP contribution in [0.15, 0.2) is 65.1 Å². The van der Waals surface area contributed by atoms with Gasteiger partial charge in [0.1, 0.15) is 11.5 Å². The zero-order valence-corrected chi connectivity index (χ0v) is 15.6. The van der Waals surface area contributed by atoms with Gasteiger partial charge in [0.05, 0.1) is 0 Å². The third kappa shape index (κ3) is 4.57. The van der Waals surface area contributed by atoms with E-state index < -0.39 is 0 Å². The Morgan fingerprint density at radius 2 is 1.81 bits per heavy atom. The van der Waals surface area contributed by atoms with Crippen molar-refractivity contribution in [3.8, 4) is 11.3 Å². The lowest BCUT2D eigenvalue weighted by Crippen LogP contribution is -2.09. The molecular formula is C21H17Cl2NO2. The Kier molecular flexibility index (Phi) is 5.82. The molecule has 0 saturated heterocycles. The van der Waals surface area contributed by atoms with Crippen LogP contribution in [0.3, 0.4) is 0 Å². The molecule has 3 nitrogen and oxygen atoms in total. The SMILES string of the molecule is CCc1ccccc1NC(=O)/C=C/c1ccc(-c2cc(Cl)cc(Cl)c2)o1. The number of carbonyl (C=O) groups excluding carboxylic acids is 1. The van der Waals surface area contributed by atoms with Crippen LogP contribution < -0.4 is 5.32 Å². The second-order valence-electron chi connectivity index (χ2n) is 5.69. The van der Waals surface area contributed by atoms with Crippen molar-refractivity contribution in [1.82, 2.24) is 0 Å². The molecule has 26 heavy (non-hydrogen) atoms. The first kappa shape index (κ1) is 18.3. The summed E-state index contributed by atoms with van der Waals surface area (Å²) in [5, 5.41) is 3.96. The average molecular weight is 386 g/mol. The molecule has 0 unspecified atom stereocenters. The van der Waals surface area contributed by atoms with Gasteiger partial charge in [-0.25, -0.2) is 0 Å². The zero-order valence-electron chi connectivity index (χ0n) is 14.1. The second kappa shape index (κ2) is 8.26. The molecular weight excluding hydrogens is 369 g/mol. The Labute approximate surface area is 162 Å². The maximum atomic E-state index is 12.1. The summed E-state index contributed by atoms with van der Waals surface area (Å²) < 4.78 is 5.74. The van der Waals surface area contributed by atoms with Gasteiger partial charge in [-0.3, -0.25) is 4.79 Å². The summed E-state index contributed by atoms with van der Waals surface area (Å²) in [5.41, 5.74) is 2.69. The Balaban J connectivity index is 1.71. The van der Waals surface area contributed by atoms with Crippen molar-refractivity contribution in [3.05, 3.63) is 82.0 Å². The maximum absolute atomic E-state index is 12.1. The first-order valence-electron chi connectivity index (χ1n) is 8.18. The minimum atomic E-state index is -0.213. The molecule has 0 spiro atoms. The third-order valence-electron chi connectivity index (χ3n) is 3.83. The van der Waals surface area contributed by atoms with E-state index in [9.17, 15) is 4.79 Å². The fraction of sp³-hybridized carbons (Fsp3) is 0.0952. The van der Waals surface area contributed by atoms with E-state index in [1.165, 1.54) is 6.08 Å². The van der Waals surface area contributed by atoms with Crippen LogP contribution in [0.5, 0.6) is 0 Å². The highest BCUT2D eigenvalue weighted by molar-refractivity contribution is 6.35. The lowest BCUT2D eigenvalue weighted by Gasteiger charge is -2.07. The molecule has 0 fully saturated rings. The average Bonchev–Trinajstić information content (AvgIpc) is 3.09. The number of benzene rings is 2. The van der Waals surface area contributed by atoms with Crippen molar-refractivity contribution < 1.29 is 9.21 Å². The standard InChI is InChI=1S/C21H17Cl2NO2/c1-2-14-5-3-4-6-19(14)24-21(25)10-8-18-7-9-20(26-18)15-11-16(22)13-17(23)12-15/h3-13H,2H2,1H3,(H,24,25)/b10-8+. The fourth-order valence-corrected chi connectivity index (χ4v) is 3.10. The number of para-hydroxylation sites is 1. The van der Waals surface area contributed by atoms with Crippen LogP contribution in [0.1, 0.15) is 18.2 Å². The smallest absolute Gasteiger partial charge is 0.248 e. The molecule has 132 valence electrons. The van der Waals surface area contributed by atoms with Gasteiger partial charge < -0.3 is 9.73 Å². The van der Waals surface area contributed by atoms with Gasteiger partial charge in [-0.05, 0) is 54.5 Å². The number of rotatable bonds is 5. The van der Waals surface area contributed by atoms with Gasteiger partial charge in [0.15, 0.2) is 0 Å². The molecule has 2 aromatic carbocycles. The minimum absolute atomic E-state index is 0.213. The summed E-state index contributed by atoms with van der Waals surface area (Å²) in [7, 11) is 0. The van der Waals surface area contributed by atoms with Crippen molar-refractivity contribution in [2.24, 2.45) is 0 Å². The number of aryl methyl sites for hydroxylation is 1. The van der Waals surface area contributed by atoms with E-state index in [4.69, 9.17) is 27.6 Å². The van der Waals surface area contributed by atoms with Gasteiger partial charge >= 0.3 is 0 Å². The Morgan fingerprint density at radius 3 is 2.54 bits per heavy atom. The van der Waals surface area contributed by atoms with Crippen molar-refractivity contribution in [1.29, 1.82) is 0 Å². The van der Waals surface area contributed by atoms with Crippen LogP contribution in [-0.2, 0) is 11.2 Å². The van der Waals surface area contributed by atoms with Gasteiger partial charge in [0, 0.05) is 27.4 Å².